The molecule has 0 heterocycles. The highest BCUT2D eigenvalue weighted by molar-refractivity contribution is 5.49. The minimum absolute atomic E-state index is 0.271. The summed E-state index contributed by atoms with van der Waals surface area (Å²) in [5.41, 5.74) is 8.26. The lowest BCUT2D eigenvalue weighted by Gasteiger charge is -2.31. The van der Waals surface area contributed by atoms with E-state index in [9.17, 15) is 0 Å². The summed E-state index contributed by atoms with van der Waals surface area (Å²) >= 11 is 0. The van der Waals surface area contributed by atoms with Crippen LogP contribution in [0, 0.1) is 0 Å². The molecule has 0 bridgehead atoms. The molecule has 4 aromatic carbocycles. The average Bonchev–Trinajstić information content (AvgIpc) is 3.09. The second-order valence-corrected chi connectivity index (χ2v) is 11.6. The second-order valence-electron chi connectivity index (χ2n) is 11.6. The van der Waals surface area contributed by atoms with E-state index in [0.29, 0.717) is 17.8 Å². The van der Waals surface area contributed by atoms with Crippen LogP contribution in [0.4, 0.5) is 0 Å². The van der Waals surface area contributed by atoms with Crippen molar-refractivity contribution >= 4 is 0 Å². The van der Waals surface area contributed by atoms with Gasteiger partial charge in [-0.2, -0.15) is 0 Å². The summed E-state index contributed by atoms with van der Waals surface area (Å²) in [4.78, 5) is 0. The maximum atomic E-state index is 2.50. The van der Waals surface area contributed by atoms with Crippen molar-refractivity contribution in [3.63, 3.8) is 0 Å². The maximum absolute atomic E-state index is 2.50. The first-order chi connectivity index (χ1) is 20.8. The van der Waals surface area contributed by atoms with Gasteiger partial charge in [-0.3, -0.25) is 0 Å². The molecule has 6 atom stereocenters. The van der Waals surface area contributed by atoms with Crippen molar-refractivity contribution in [3.05, 3.63) is 215 Å². The van der Waals surface area contributed by atoms with Crippen LogP contribution in [0.15, 0.2) is 182 Å². The van der Waals surface area contributed by atoms with Crippen molar-refractivity contribution in [2.75, 3.05) is 0 Å². The molecule has 7 rings (SSSR count). The SMILES string of the molecule is C1=CC(c2ccccc2)C(c2cc(C3C=CC=CC3c3ccccc3)cc(C3C=CC=CC3c3ccccc3)c2)C=C1. The molecule has 0 N–H and O–H groups in total. The Labute approximate surface area is 250 Å². The van der Waals surface area contributed by atoms with Gasteiger partial charge in [-0.1, -0.05) is 182 Å². The largest absolute Gasteiger partial charge is 0.0761 e. The van der Waals surface area contributed by atoms with E-state index in [4.69, 9.17) is 0 Å². The standard InChI is InChI=1S/C42H36/c1-4-16-31(17-5-1)37-22-10-13-25-40(37)34-28-35(41-26-14-11-23-38(41)32-18-6-2-7-19-32)30-36(29-34)42-27-15-12-24-39(42)33-20-8-3-9-21-33/h1-30,37-42H. The predicted octanol–water partition coefficient (Wildman–Crippen LogP) is 10.7. The van der Waals surface area contributed by atoms with E-state index in [1.54, 1.807) is 0 Å². The van der Waals surface area contributed by atoms with Crippen LogP contribution < -0.4 is 0 Å². The zero-order chi connectivity index (χ0) is 28.1. The van der Waals surface area contributed by atoms with Gasteiger partial charge in [-0.15, -0.1) is 0 Å². The zero-order valence-electron chi connectivity index (χ0n) is 23.8. The topological polar surface area (TPSA) is 0 Å². The summed E-state index contributed by atoms with van der Waals surface area (Å²) in [5.74, 6) is 1.72. The first-order valence-corrected chi connectivity index (χ1v) is 15.2. The molecule has 6 unspecified atom stereocenters. The van der Waals surface area contributed by atoms with Gasteiger partial charge in [0.05, 0.1) is 0 Å². The minimum atomic E-state index is 0.271. The Morgan fingerprint density at radius 3 is 0.690 bits per heavy atom. The normalized spacial score (nSPS) is 26.0. The van der Waals surface area contributed by atoms with Crippen molar-refractivity contribution in [1.82, 2.24) is 0 Å². The van der Waals surface area contributed by atoms with Crippen LogP contribution in [0.25, 0.3) is 0 Å². The van der Waals surface area contributed by atoms with Gasteiger partial charge in [0.15, 0.2) is 0 Å². The predicted molar refractivity (Wildman–Crippen MR) is 177 cm³/mol. The Morgan fingerprint density at radius 1 is 0.238 bits per heavy atom. The Morgan fingerprint density at radius 2 is 0.452 bits per heavy atom. The number of benzene rings is 4. The van der Waals surface area contributed by atoms with E-state index in [-0.39, 0.29) is 17.8 Å². The molecule has 3 aliphatic carbocycles. The van der Waals surface area contributed by atoms with Crippen LogP contribution >= 0.6 is 0 Å². The molecule has 0 amide bonds. The molecule has 42 heavy (non-hydrogen) atoms. The maximum Gasteiger partial charge on any atom is 0.0125 e. The lowest BCUT2D eigenvalue weighted by atomic mass is 9.72. The second kappa shape index (κ2) is 12.0. The molecule has 0 heteroatoms. The number of allylic oxidation sites excluding steroid dienone is 12. The third kappa shape index (κ3) is 5.33. The number of hydrogen-bond acceptors (Lipinski definition) is 0. The van der Waals surface area contributed by atoms with Gasteiger partial charge in [0.25, 0.3) is 0 Å². The van der Waals surface area contributed by atoms with E-state index in [0.717, 1.165) is 0 Å². The summed E-state index contributed by atoms with van der Waals surface area (Å²) in [7, 11) is 0. The van der Waals surface area contributed by atoms with Gasteiger partial charge in [0.1, 0.15) is 0 Å². The van der Waals surface area contributed by atoms with Gasteiger partial charge >= 0.3 is 0 Å². The molecule has 0 radical (unpaired) electrons. The van der Waals surface area contributed by atoms with Crippen LogP contribution in [0.5, 0.6) is 0 Å². The van der Waals surface area contributed by atoms with Crippen molar-refractivity contribution < 1.29 is 0 Å². The van der Waals surface area contributed by atoms with Crippen LogP contribution in [0.1, 0.15) is 68.9 Å². The van der Waals surface area contributed by atoms with Gasteiger partial charge in [-0.25, -0.2) is 0 Å². The third-order valence-corrected chi connectivity index (χ3v) is 9.11. The quantitative estimate of drug-likeness (QED) is 0.228. The highest BCUT2D eigenvalue weighted by Gasteiger charge is 2.29. The summed E-state index contributed by atoms with van der Waals surface area (Å²) in [6, 6.07) is 40.4. The van der Waals surface area contributed by atoms with E-state index < -0.39 is 0 Å². The molecule has 4 aromatic rings. The molecule has 0 spiro atoms. The Balaban J connectivity index is 1.36. The van der Waals surface area contributed by atoms with E-state index >= 15 is 0 Å². The van der Waals surface area contributed by atoms with Gasteiger partial charge < -0.3 is 0 Å². The molecule has 0 aliphatic heterocycles. The molecule has 0 saturated heterocycles. The summed E-state index contributed by atoms with van der Waals surface area (Å²) < 4.78 is 0. The molecule has 0 fully saturated rings. The third-order valence-electron chi connectivity index (χ3n) is 9.11. The van der Waals surface area contributed by atoms with E-state index in [2.05, 4.69) is 182 Å². The number of rotatable bonds is 6. The Kier molecular flexibility index (Phi) is 7.53. The molecule has 0 nitrogen and oxygen atoms in total. The van der Waals surface area contributed by atoms with Gasteiger partial charge in [0, 0.05) is 35.5 Å². The number of hydrogen-bond donors (Lipinski definition) is 0. The summed E-state index contributed by atoms with van der Waals surface area (Å²) in [5, 5.41) is 0. The first kappa shape index (κ1) is 26.2. The fourth-order valence-corrected chi connectivity index (χ4v) is 7.04. The highest BCUT2D eigenvalue weighted by Crippen LogP contribution is 2.45. The van der Waals surface area contributed by atoms with Crippen LogP contribution in [0.2, 0.25) is 0 Å². The summed E-state index contributed by atoms with van der Waals surface area (Å²) in [6.45, 7) is 0. The van der Waals surface area contributed by atoms with Gasteiger partial charge in [0.2, 0.25) is 0 Å². The molecule has 0 aromatic heterocycles. The van der Waals surface area contributed by atoms with E-state index in [1.165, 1.54) is 33.4 Å². The molecule has 3 aliphatic rings. The Hall–Kier alpha value is -4.68. The van der Waals surface area contributed by atoms with Crippen LogP contribution in [-0.4, -0.2) is 0 Å². The average molecular weight is 541 g/mol. The molecular formula is C42H36. The van der Waals surface area contributed by atoms with Crippen molar-refractivity contribution in [2.45, 2.75) is 35.5 Å². The summed E-state index contributed by atoms with van der Waals surface area (Å²) in [6.07, 6.45) is 27.6. The van der Waals surface area contributed by atoms with Crippen molar-refractivity contribution in [2.24, 2.45) is 0 Å². The lowest BCUT2D eigenvalue weighted by Crippen LogP contribution is -2.16. The van der Waals surface area contributed by atoms with Gasteiger partial charge in [-0.05, 0) is 33.4 Å². The smallest absolute Gasteiger partial charge is 0.0125 e. The van der Waals surface area contributed by atoms with E-state index in [1.807, 2.05) is 0 Å². The monoisotopic (exact) mass is 540 g/mol. The Bertz CT molecular complexity index is 1470. The lowest BCUT2D eigenvalue weighted by molar-refractivity contribution is 0.692. The zero-order valence-corrected chi connectivity index (χ0v) is 23.8. The van der Waals surface area contributed by atoms with Crippen LogP contribution in [-0.2, 0) is 0 Å². The van der Waals surface area contributed by atoms with Crippen molar-refractivity contribution in [1.29, 1.82) is 0 Å². The van der Waals surface area contributed by atoms with Crippen LogP contribution in [0.3, 0.4) is 0 Å². The molecule has 204 valence electrons. The molecular weight excluding hydrogens is 504 g/mol. The first-order valence-electron chi connectivity index (χ1n) is 15.2. The fraction of sp³-hybridized carbons (Fsp3) is 0.143. The van der Waals surface area contributed by atoms with Crippen molar-refractivity contribution in [3.8, 4) is 0 Å². The minimum Gasteiger partial charge on any atom is -0.0761 e. The molecule has 0 saturated carbocycles. The fourth-order valence-electron chi connectivity index (χ4n) is 7.04. The highest BCUT2D eigenvalue weighted by atomic mass is 14.3.